The van der Waals surface area contributed by atoms with Gasteiger partial charge in [0.25, 0.3) is 5.91 Å². The fourth-order valence-electron chi connectivity index (χ4n) is 2.66. The summed E-state index contributed by atoms with van der Waals surface area (Å²) in [4.78, 5) is 25.2. The maximum atomic E-state index is 12.5. The van der Waals surface area contributed by atoms with Crippen LogP contribution in [0.2, 0.25) is 0 Å². The first-order valence-corrected chi connectivity index (χ1v) is 7.12. The minimum absolute atomic E-state index is 0.124. The van der Waals surface area contributed by atoms with Gasteiger partial charge in [0.1, 0.15) is 12.7 Å². The van der Waals surface area contributed by atoms with Gasteiger partial charge in [-0.3, -0.25) is 14.2 Å². The third-order valence-electron chi connectivity index (χ3n) is 3.89. The number of amides is 1. The van der Waals surface area contributed by atoms with E-state index in [2.05, 4.69) is 10.2 Å². The van der Waals surface area contributed by atoms with E-state index in [1.807, 2.05) is 12.1 Å². The fourth-order valence-corrected chi connectivity index (χ4v) is 2.66. The highest BCUT2D eigenvalue weighted by Crippen LogP contribution is 2.19. The van der Waals surface area contributed by atoms with Crippen molar-refractivity contribution in [1.82, 2.24) is 19.7 Å². The molecule has 1 N–H and O–H groups in total. The molecule has 0 radical (unpaired) electrons. The van der Waals surface area contributed by atoms with E-state index < -0.39 is 11.9 Å². The standard InChI is InChI=1S/C15H16N4O3/c20-14(18-7-1-2-12(8-18)15(21)22)11-3-5-13(6-4-11)19-9-16-17-10-19/h3-6,9-10,12H,1-2,7-8H2,(H,21,22)/t12-/m1/s1. The number of carboxylic acids is 1. The van der Waals surface area contributed by atoms with Gasteiger partial charge in [-0.25, -0.2) is 0 Å². The number of carbonyl (C=O) groups excluding carboxylic acids is 1. The van der Waals surface area contributed by atoms with Crippen molar-refractivity contribution in [2.24, 2.45) is 5.92 Å². The zero-order valence-corrected chi connectivity index (χ0v) is 11.9. The zero-order valence-electron chi connectivity index (χ0n) is 11.9. The van der Waals surface area contributed by atoms with Crippen LogP contribution < -0.4 is 0 Å². The summed E-state index contributed by atoms with van der Waals surface area (Å²) in [7, 11) is 0. The summed E-state index contributed by atoms with van der Waals surface area (Å²) in [6, 6.07) is 7.11. The number of benzene rings is 1. The predicted octanol–water partition coefficient (Wildman–Crippen LogP) is 1.20. The lowest BCUT2D eigenvalue weighted by Crippen LogP contribution is -2.42. The van der Waals surface area contributed by atoms with Gasteiger partial charge < -0.3 is 10.0 Å². The van der Waals surface area contributed by atoms with Gasteiger partial charge in [-0.15, -0.1) is 10.2 Å². The van der Waals surface area contributed by atoms with Gasteiger partial charge in [0.15, 0.2) is 0 Å². The summed E-state index contributed by atoms with van der Waals surface area (Å²) < 4.78 is 1.75. The van der Waals surface area contributed by atoms with Crippen LogP contribution in [0.1, 0.15) is 23.2 Å². The van der Waals surface area contributed by atoms with E-state index in [0.717, 1.165) is 12.1 Å². The second-order valence-electron chi connectivity index (χ2n) is 5.34. The second-order valence-corrected chi connectivity index (χ2v) is 5.34. The Hall–Kier alpha value is -2.70. The maximum Gasteiger partial charge on any atom is 0.308 e. The highest BCUT2D eigenvalue weighted by molar-refractivity contribution is 5.94. The summed E-state index contributed by atoms with van der Waals surface area (Å²) in [6.07, 6.45) is 4.52. The van der Waals surface area contributed by atoms with E-state index in [9.17, 15) is 9.59 Å². The van der Waals surface area contributed by atoms with Gasteiger partial charge in [-0.2, -0.15) is 0 Å². The van der Waals surface area contributed by atoms with Crippen molar-refractivity contribution in [3.8, 4) is 5.69 Å². The van der Waals surface area contributed by atoms with Gasteiger partial charge >= 0.3 is 5.97 Å². The summed E-state index contributed by atoms with van der Waals surface area (Å²) in [5.74, 6) is -1.42. The van der Waals surface area contributed by atoms with E-state index >= 15 is 0 Å². The average molecular weight is 300 g/mol. The monoisotopic (exact) mass is 300 g/mol. The Balaban J connectivity index is 1.73. The number of hydrogen-bond donors (Lipinski definition) is 1. The summed E-state index contributed by atoms with van der Waals surface area (Å²) in [5, 5.41) is 16.6. The van der Waals surface area contributed by atoms with Crippen LogP contribution >= 0.6 is 0 Å². The Morgan fingerprint density at radius 2 is 1.82 bits per heavy atom. The highest BCUT2D eigenvalue weighted by Gasteiger charge is 2.28. The molecular weight excluding hydrogens is 284 g/mol. The number of likely N-dealkylation sites (tertiary alicyclic amines) is 1. The van der Waals surface area contributed by atoms with E-state index in [4.69, 9.17) is 5.11 Å². The van der Waals surface area contributed by atoms with Crippen LogP contribution in [0.25, 0.3) is 5.69 Å². The first-order valence-electron chi connectivity index (χ1n) is 7.12. The molecule has 3 rings (SSSR count). The molecule has 7 heteroatoms. The Kier molecular flexibility index (Phi) is 3.86. The Morgan fingerprint density at radius 1 is 1.14 bits per heavy atom. The van der Waals surface area contributed by atoms with Gasteiger partial charge in [-0.1, -0.05) is 0 Å². The molecule has 1 aromatic heterocycles. The van der Waals surface area contributed by atoms with Gasteiger partial charge in [0, 0.05) is 24.3 Å². The molecule has 1 fully saturated rings. The van der Waals surface area contributed by atoms with E-state index in [1.165, 1.54) is 0 Å². The van der Waals surface area contributed by atoms with Crippen LogP contribution in [0, 0.1) is 5.92 Å². The number of carboxylic acid groups (broad SMARTS) is 1. The first kappa shape index (κ1) is 14.2. The molecule has 0 spiro atoms. The quantitative estimate of drug-likeness (QED) is 0.920. The number of piperidine rings is 1. The second kappa shape index (κ2) is 5.97. The van der Waals surface area contributed by atoms with E-state index in [-0.39, 0.29) is 12.5 Å². The molecule has 114 valence electrons. The molecule has 0 saturated carbocycles. The molecule has 1 saturated heterocycles. The highest BCUT2D eigenvalue weighted by atomic mass is 16.4. The van der Waals surface area contributed by atoms with Crippen LogP contribution in [0.15, 0.2) is 36.9 Å². The van der Waals surface area contributed by atoms with Crippen molar-refractivity contribution in [3.63, 3.8) is 0 Å². The molecule has 1 atom stereocenters. The number of rotatable bonds is 3. The van der Waals surface area contributed by atoms with Crippen molar-refractivity contribution < 1.29 is 14.7 Å². The lowest BCUT2D eigenvalue weighted by Gasteiger charge is -2.30. The largest absolute Gasteiger partial charge is 0.481 e. The summed E-state index contributed by atoms with van der Waals surface area (Å²) in [6.45, 7) is 0.886. The van der Waals surface area contributed by atoms with Crippen molar-refractivity contribution in [1.29, 1.82) is 0 Å². The van der Waals surface area contributed by atoms with Gasteiger partial charge in [-0.05, 0) is 37.1 Å². The third kappa shape index (κ3) is 2.83. The zero-order chi connectivity index (χ0) is 15.5. The molecule has 1 aliphatic rings. The average Bonchev–Trinajstić information content (AvgIpc) is 3.09. The summed E-state index contributed by atoms with van der Waals surface area (Å²) >= 11 is 0. The molecule has 2 heterocycles. The van der Waals surface area contributed by atoms with E-state index in [1.54, 1.807) is 34.3 Å². The minimum atomic E-state index is -0.833. The molecule has 1 amide bonds. The number of carbonyl (C=O) groups is 2. The van der Waals surface area contributed by atoms with Crippen LogP contribution in [-0.4, -0.2) is 49.7 Å². The van der Waals surface area contributed by atoms with Crippen LogP contribution in [0.4, 0.5) is 0 Å². The lowest BCUT2D eigenvalue weighted by molar-refractivity contribution is -0.143. The normalized spacial score (nSPS) is 18.2. The molecule has 0 unspecified atom stereocenters. The molecule has 0 aliphatic carbocycles. The van der Waals surface area contributed by atoms with Crippen molar-refractivity contribution in [2.75, 3.05) is 13.1 Å². The van der Waals surface area contributed by atoms with Crippen LogP contribution in [0.5, 0.6) is 0 Å². The van der Waals surface area contributed by atoms with Crippen LogP contribution in [-0.2, 0) is 4.79 Å². The molecule has 22 heavy (non-hydrogen) atoms. The first-order chi connectivity index (χ1) is 10.6. The SMILES string of the molecule is O=C(O)[C@@H]1CCCN(C(=O)c2ccc(-n3cnnc3)cc2)C1. The fraction of sp³-hybridized carbons (Fsp3) is 0.333. The number of hydrogen-bond acceptors (Lipinski definition) is 4. The smallest absolute Gasteiger partial charge is 0.308 e. The summed E-state index contributed by atoms with van der Waals surface area (Å²) in [5.41, 5.74) is 1.42. The van der Waals surface area contributed by atoms with E-state index in [0.29, 0.717) is 18.5 Å². The Bertz CT molecular complexity index is 667. The van der Waals surface area contributed by atoms with Crippen LogP contribution in [0.3, 0.4) is 0 Å². The maximum absolute atomic E-state index is 12.5. The minimum Gasteiger partial charge on any atom is -0.481 e. The molecule has 1 aliphatic heterocycles. The van der Waals surface area contributed by atoms with Crippen molar-refractivity contribution in [2.45, 2.75) is 12.8 Å². The predicted molar refractivity (Wildman–Crippen MR) is 77.6 cm³/mol. The number of nitrogens with zero attached hydrogens (tertiary/aromatic N) is 4. The number of aromatic nitrogens is 3. The van der Waals surface area contributed by atoms with Gasteiger partial charge in [0.2, 0.25) is 0 Å². The molecular formula is C15H16N4O3. The van der Waals surface area contributed by atoms with Gasteiger partial charge in [0.05, 0.1) is 5.92 Å². The Morgan fingerprint density at radius 3 is 2.45 bits per heavy atom. The lowest BCUT2D eigenvalue weighted by atomic mass is 9.97. The third-order valence-corrected chi connectivity index (χ3v) is 3.89. The number of aliphatic carboxylic acids is 1. The molecule has 7 nitrogen and oxygen atoms in total. The molecule has 1 aromatic carbocycles. The Labute approximate surface area is 127 Å². The molecule has 2 aromatic rings. The van der Waals surface area contributed by atoms with Crippen molar-refractivity contribution >= 4 is 11.9 Å². The van der Waals surface area contributed by atoms with Crippen molar-refractivity contribution in [3.05, 3.63) is 42.5 Å². The molecule has 0 bridgehead atoms. The topological polar surface area (TPSA) is 88.3 Å².